The summed E-state index contributed by atoms with van der Waals surface area (Å²) in [5, 5.41) is 17.8. The molecular formula is C6H14BNO2. The fourth-order valence-corrected chi connectivity index (χ4v) is 1.54. The van der Waals surface area contributed by atoms with E-state index in [0.717, 1.165) is 19.3 Å². The lowest BCUT2D eigenvalue weighted by atomic mass is 9.89. The minimum Gasteiger partial charge on any atom is -0.454 e. The summed E-state index contributed by atoms with van der Waals surface area (Å²) in [6.45, 7) is 0.755. The van der Waals surface area contributed by atoms with E-state index in [9.17, 15) is 5.11 Å². The molecule has 10 heavy (non-hydrogen) atoms. The SMILES string of the molecule is CN1CC(O)CC1CBO. The van der Waals surface area contributed by atoms with Gasteiger partial charge in [-0.25, -0.2) is 0 Å². The van der Waals surface area contributed by atoms with Crippen molar-refractivity contribution in [3.8, 4) is 0 Å². The standard InChI is InChI=1S/C6H14BNO2/c1-8-4-6(9)2-5(8)3-7-10/h5-7,9-10H,2-4H2,1H3. The highest BCUT2D eigenvalue weighted by Crippen LogP contribution is 2.17. The quantitative estimate of drug-likeness (QED) is 0.478. The Labute approximate surface area is 61.9 Å². The van der Waals surface area contributed by atoms with Crippen LogP contribution in [0.5, 0.6) is 0 Å². The first-order chi connectivity index (χ1) is 4.74. The van der Waals surface area contributed by atoms with E-state index in [4.69, 9.17) is 5.02 Å². The molecule has 58 valence electrons. The van der Waals surface area contributed by atoms with Gasteiger partial charge in [0.1, 0.15) is 0 Å². The molecule has 0 amide bonds. The molecule has 0 aromatic rings. The van der Waals surface area contributed by atoms with E-state index in [-0.39, 0.29) is 13.6 Å². The highest BCUT2D eigenvalue weighted by Gasteiger charge is 2.27. The molecule has 2 unspecified atom stereocenters. The van der Waals surface area contributed by atoms with Crippen molar-refractivity contribution in [2.24, 2.45) is 0 Å². The molecule has 0 aromatic carbocycles. The average molecular weight is 143 g/mol. The van der Waals surface area contributed by atoms with Gasteiger partial charge in [-0.15, -0.1) is 0 Å². The van der Waals surface area contributed by atoms with E-state index in [0.29, 0.717) is 6.04 Å². The first-order valence-corrected chi connectivity index (χ1v) is 3.73. The third kappa shape index (κ3) is 1.72. The van der Waals surface area contributed by atoms with Gasteiger partial charge in [-0.1, -0.05) is 0 Å². The molecule has 1 aliphatic rings. The van der Waals surface area contributed by atoms with Crippen molar-refractivity contribution in [3.05, 3.63) is 0 Å². The zero-order chi connectivity index (χ0) is 7.56. The predicted molar refractivity (Wildman–Crippen MR) is 41.2 cm³/mol. The molecule has 2 N–H and O–H groups in total. The van der Waals surface area contributed by atoms with Crippen LogP contribution in [0, 0.1) is 0 Å². The normalized spacial score (nSPS) is 34.7. The number of β-amino-alcohol motifs (C(OH)–C–C–N with tert-alkyl or cyclic N) is 1. The minimum atomic E-state index is -0.179. The van der Waals surface area contributed by atoms with Crippen LogP contribution in [0.1, 0.15) is 6.42 Å². The van der Waals surface area contributed by atoms with Gasteiger partial charge in [-0.05, 0) is 19.8 Å². The van der Waals surface area contributed by atoms with Gasteiger partial charge in [-0.3, -0.25) is 0 Å². The molecule has 2 atom stereocenters. The highest BCUT2D eigenvalue weighted by atomic mass is 16.3. The van der Waals surface area contributed by atoms with Gasteiger partial charge in [0.25, 0.3) is 7.48 Å². The second-order valence-electron chi connectivity index (χ2n) is 3.00. The first kappa shape index (κ1) is 8.05. The molecule has 0 bridgehead atoms. The highest BCUT2D eigenvalue weighted by molar-refractivity contribution is 6.25. The van der Waals surface area contributed by atoms with E-state index in [2.05, 4.69) is 4.90 Å². The molecule has 1 fully saturated rings. The van der Waals surface area contributed by atoms with Crippen molar-refractivity contribution in [1.29, 1.82) is 0 Å². The van der Waals surface area contributed by atoms with Crippen LogP contribution < -0.4 is 0 Å². The van der Waals surface area contributed by atoms with Crippen LogP contribution in [0.3, 0.4) is 0 Å². The fraction of sp³-hybridized carbons (Fsp3) is 1.00. The Morgan fingerprint density at radius 2 is 2.40 bits per heavy atom. The Morgan fingerprint density at radius 1 is 1.70 bits per heavy atom. The average Bonchev–Trinajstić information content (AvgIpc) is 2.13. The van der Waals surface area contributed by atoms with Crippen LogP contribution in [-0.2, 0) is 0 Å². The Hall–Kier alpha value is -0.0551. The lowest BCUT2D eigenvalue weighted by Crippen LogP contribution is -2.25. The number of likely N-dealkylation sites (tertiary alicyclic amines) is 1. The molecule has 1 aliphatic heterocycles. The number of rotatable bonds is 2. The van der Waals surface area contributed by atoms with Crippen LogP contribution in [0.15, 0.2) is 0 Å². The lowest BCUT2D eigenvalue weighted by Gasteiger charge is -2.16. The van der Waals surface area contributed by atoms with Crippen molar-refractivity contribution in [2.75, 3.05) is 13.6 Å². The molecule has 0 saturated carbocycles. The summed E-state index contributed by atoms with van der Waals surface area (Å²) < 4.78 is 0. The van der Waals surface area contributed by atoms with Crippen LogP contribution in [0.25, 0.3) is 0 Å². The maximum Gasteiger partial charge on any atom is 0.272 e. The smallest absolute Gasteiger partial charge is 0.272 e. The van der Waals surface area contributed by atoms with Crippen molar-refractivity contribution < 1.29 is 10.1 Å². The van der Waals surface area contributed by atoms with Gasteiger partial charge in [0.2, 0.25) is 0 Å². The Kier molecular flexibility index (Phi) is 2.71. The van der Waals surface area contributed by atoms with Crippen LogP contribution in [0.4, 0.5) is 0 Å². The summed E-state index contributed by atoms with van der Waals surface area (Å²) in [4.78, 5) is 2.10. The van der Waals surface area contributed by atoms with Crippen molar-refractivity contribution in [1.82, 2.24) is 4.90 Å². The molecule has 4 heteroatoms. The molecule has 0 spiro atoms. The van der Waals surface area contributed by atoms with Crippen molar-refractivity contribution >= 4 is 7.48 Å². The second-order valence-corrected chi connectivity index (χ2v) is 3.00. The first-order valence-electron chi connectivity index (χ1n) is 3.73. The van der Waals surface area contributed by atoms with E-state index in [1.54, 1.807) is 0 Å². The number of hydrogen-bond donors (Lipinski definition) is 2. The van der Waals surface area contributed by atoms with Crippen LogP contribution in [-0.4, -0.2) is 48.3 Å². The molecule has 1 saturated heterocycles. The maximum absolute atomic E-state index is 9.17. The number of aliphatic hydroxyl groups is 1. The van der Waals surface area contributed by atoms with Crippen molar-refractivity contribution in [3.63, 3.8) is 0 Å². The Bertz CT molecular complexity index is 112. The third-order valence-corrected chi connectivity index (χ3v) is 2.13. The largest absolute Gasteiger partial charge is 0.454 e. The van der Waals surface area contributed by atoms with Gasteiger partial charge in [0.15, 0.2) is 0 Å². The van der Waals surface area contributed by atoms with Gasteiger partial charge in [0.05, 0.1) is 6.10 Å². The summed E-state index contributed by atoms with van der Waals surface area (Å²) in [7, 11) is 2.21. The molecule has 1 rings (SSSR count). The van der Waals surface area contributed by atoms with Gasteiger partial charge < -0.3 is 15.0 Å². The molecule has 3 nitrogen and oxygen atoms in total. The summed E-state index contributed by atoms with van der Waals surface area (Å²) in [6, 6.07) is 0.389. The van der Waals surface area contributed by atoms with E-state index < -0.39 is 0 Å². The molecule has 0 aromatic heterocycles. The molecular weight excluding hydrogens is 129 g/mol. The van der Waals surface area contributed by atoms with Crippen LogP contribution in [0.2, 0.25) is 6.32 Å². The maximum atomic E-state index is 9.17. The summed E-state index contributed by atoms with van der Waals surface area (Å²) in [6.07, 6.45) is 1.42. The molecule has 1 heterocycles. The summed E-state index contributed by atoms with van der Waals surface area (Å²) in [5.41, 5.74) is 0. The Morgan fingerprint density at radius 3 is 2.80 bits per heavy atom. The van der Waals surface area contributed by atoms with Gasteiger partial charge >= 0.3 is 0 Å². The van der Waals surface area contributed by atoms with Crippen LogP contribution >= 0.6 is 0 Å². The number of nitrogens with zero attached hydrogens (tertiary/aromatic N) is 1. The second kappa shape index (κ2) is 3.37. The zero-order valence-electron chi connectivity index (χ0n) is 6.32. The van der Waals surface area contributed by atoms with Gasteiger partial charge in [-0.2, -0.15) is 0 Å². The topological polar surface area (TPSA) is 43.7 Å². The zero-order valence-corrected chi connectivity index (χ0v) is 6.32. The summed E-state index contributed by atoms with van der Waals surface area (Å²) >= 11 is 0. The Balaban J connectivity index is 2.31. The van der Waals surface area contributed by atoms with Crippen molar-refractivity contribution in [2.45, 2.75) is 24.9 Å². The molecule has 0 radical (unpaired) electrons. The molecule has 0 aliphatic carbocycles. The van der Waals surface area contributed by atoms with E-state index in [1.165, 1.54) is 0 Å². The number of hydrogen-bond acceptors (Lipinski definition) is 3. The van der Waals surface area contributed by atoms with E-state index >= 15 is 0 Å². The minimum absolute atomic E-state index is 0.179. The third-order valence-electron chi connectivity index (χ3n) is 2.13. The fourth-order valence-electron chi connectivity index (χ4n) is 1.54. The van der Waals surface area contributed by atoms with E-state index in [1.807, 2.05) is 7.05 Å². The van der Waals surface area contributed by atoms with Gasteiger partial charge in [0, 0.05) is 12.6 Å². The lowest BCUT2D eigenvalue weighted by molar-refractivity contribution is 0.182. The number of likely N-dealkylation sites (N-methyl/N-ethyl adjacent to an activating group) is 1. The monoisotopic (exact) mass is 143 g/mol. The predicted octanol–water partition coefficient (Wildman–Crippen LogP) is -1.19. The number of aliphatic hydroxyl groups excluding tert-OH is 1. The summed E-state index contributed by atoms with van der Waals surface area (Å²) in [5.74, 6) is 0.